The second-order valence-corrected chi connectivity index (χ2v) is 4.77. The van der Waals surface area contributed by atoms with E-state index in [4.69, 9.17) is 14.2 Å². The normalized spacial score (nSPS) is 12.2. The first kappa shape index (κ1) is 15.9. The molecule has 126 valence electrons. The predicted molar refractivity (Wildman–Crippen MR) is 80.1 cm³/mol. The van der Waals surface area contributed by atoms with Gasteiger partial charge in [-0.3, -0.25) is 4.79 Å². The summed E-state index contributed by atoms with van der Waals surface area (Å²) in [7, 11) is 1.33. The van der Waals surface area contributed by atoms with Crippen LogP contribution in [0, 0.1) is 0 Å². The molecule has 0 unspecified atom stereocenters. The molecule has 0 aromatic heterocycles. The Morgan fingerprint density at radius 3 is 2.67 bits per heavy atom. The molecule has 1 amide bonds. The van der Waals surface area contributed by atoms with E-state index in [0.29, 0.717) is 17.1 Å². The lowest BCUT2D eigenvalue weighted by Crippen LogP contribution is -2.12. The lowest BCUT2D eigenvalue weighted by atomic mass is 10.2. The van der Waals surface area contributed by atoms with Crippen molar-refractivity contribution in [2.24, 2.45) is 0 Å². The van der Waals surface area contributed by atoms with Gasteiger partial charge in [0.1, 0.15) is 0 Å². The Bertz CT molecular complexity index is 766. The average molecular weight is 337 g/mol. The zero-order valence-electron chi connectivity index (χ0n) is 12.5. The summed E-state index contributed by atoms with van der Waals surface area (Å²) < 4.78 is 44.6. The molecule has 1 heterocycles. The van der Waals surface area contributed by atoms with Crippen molar-refractivity contribution < 1.29 is 32.5 Å². The highest BCUT2D eigenvalue weighted by atomic mass is 19.3. The molecule has 0 saturated heterocycles. The van der Waals surface area contributed by atoms with E-state index in [2.05, 4.69) is 10.1 Å². The van der Waals surface area contributed by atoms with Crippen molar-refractivity contribution in [3.05, 3.63) is 42.0 Å². The van der Waals surface area contributed by atoms with Gasteiger partial charge in [-0.05, 0) is 30.3 Å². The van der Waals surface area contributed by atoms with Gasteiger partial charge in [0.05, 0.1) is 7.11 Å². The molecule has 1 aliphatic rings. The molecular weight excluding hydrogens is 324 g/mol. The molecule has 0 radical (unpaired) electrons. The minimum atomic E-state index is -3.00. The molecule has 0 fully saturated rings. The molecule has 2 aromatic rings. The van der Waals surface area contributed by atoms with Crippen molar-refractivity contribution in [2.45, 2.75) is 6.61 Å². The number of nitrogens with one attached hydrogen (secondary N) is 1. The highest BCUT2D eigenvalue weighted by Gasteiger charge is 2.17. The molecule has 0 bridgehead atoms. The van der Waals surface area contributed by atoms with Crippen LogP contribution in [0.2, 0.25) is 0 Å². The van der Waals surface area contributed by atoms with Crippen molar-refractivity contribution in [2.75, 3.05) is 19.2 Å². The summed E-state index contributed by atoms with van der Waals surface area (Å²) in [5.74, 6) is 0.566. The Morgan fingerprint density at radius 2 is 1.92 bits per heavy atom. The van der Waals surface area contributed by atoms with Gasteiger partial charge in [0.15, 0.2) is 23.0 Å². The van der Waals surface area contributed by atoms with Crippen LogP contribution in [-0.4, -0.2) is 26.4 Å². The molecule has 0 spiro atoms. The third kappa shape index (κ3) is 3.32. The molecule has 3 rings (SSSR count). The molecular formula is C16H13F2NO5. The fraction of sp³-hybridized carbons (Fsp3) is 0.188. The number of fused-ring (bicyclic) bond motifs is 1. The molecule has 2 aromatic carbocycles. The van der Waals surface area contributed by atoms with Crippen LogP contribution in [0.4, 0.5) is 14.5 Å². The van der Waals surface area contributed by atoms with Crippen molar-refractivity contribution in [1.29, 1.82) is 0 Å². The summed E-state index contributed by atoms with van der Waals surface area (Å²) in [5.41, 5.74) is 0.625. The summed E-state index contributed by atoms with van der Waals surface area (Å²) in [6.45, 7) is -2.90. The number of hydrogen-bond acceptors (Lipinski definition) is 5. The Balaban J connectivity index is 1.79. The number of benzene rings is 2. The molecule has 8 heteroatoms. The van der Waals surface area contributed by atoms with Crippen LogP contribution in [0.1, 0.15) is 10.4 Å². The predicted octanol–water partition coefficient (Wildman–Crippen LogP) is 3.28. The van der Waals surface area contributed by atoms with Gasteiger partial charge in [0.25, 0.3) is 5.91 Å². The van der Waals surface area contributed by atoms with E-state index in [0.717, 1.165) is 0 Å². The number of alkyl halides is 2. The number of hydrogen-bond donors (Lipinski definition) is 1. The zero-order chi connectivity index (χ0) is 17.1. The lowest BCUT2D eigenvalue weighted by molar-refractivity contribution is -0.0511. The minimum absolute atomic E-state index is 0.104. The minimum Gasteiger partial charge on any atom is -0.493 e. The summed E-state index contributed by atoms with van der Waals surface area (Å²) in [5, 5.41) is 2.60. The van der Waals surface area contributed by atoms with Gasteiger partial charge < -0.3 is 24.3 Å². The maximum Gasteiger partial charge on any atom is 0.387 e. The number of ether oxygens (including phenoxy) is 4. The SMILES string of the molecule is COc1ccc(NC(=O)c2ccc3c(c2)OCO3)cc1OC(F)F. The maximum absolute atomic E-state index is 12.4. The van der Waals surface area contributed by atoms with Crippen LogP contribution in [0.25, 0.3) is 0 Å². The second-order valence-electron chi connectivity index (χ2n) is 4.77. The van der Waals surface area contributed by atoms with E-state index < -0.39 is 12.5 Å². The first-order chi connectivity index (χ1) is 11.6. The highest BCUT2D eigenvalue weighted by molar-refractivity contribution is 6.04. The fourth-order valence-electron chi connectivity index (χ4n) is 2.18. The quantitative estimate of drug-likeness (QED) is 0.907. The van der Waals surface area contributed by atoms with Crippen LogP contribution in [0.5, 0.6) is 23.0 Å². The molecule has 0 saturated carbocycles. The Hall–Kier alpha value is -3.03. The smallest absolute Gasteiger partial charge is 0.387 e. The van der Waals surface area contributed by atoms with Gasteiger partial charge in [-0.15, -0.1) is 0 Å². The van der Waals surface area contributed by atoms with E-state index >= 15 is 0 Å². The number of amides is 1. The fourth-order valence-corrected chi connectivity index (χ4v) is 2.18. The number of anilines is 1. The molecule has 0 atom stereocenters. The number of carbonyl (C=O) groups is 1. The Labute approximate surface area is 135 Å². The molecule has 1 aliphatic heterocycles. The molecule has 24 heavy (non-hydrogen) atoms. The van der Waals surface area contributed by atoms with Crippen LogP contribution >= 0.6 is 0 Å². The van der Waals surface area contributed by atoms with Crippen molar-refractivity contribution in [3.8, 4) is 23.0 Å². The molecule has 1 N–H and O–H groups in total. The number of halogens is 2. The van der Waals surface area contributed by atoms with Gasteiger partial charge in [0.2, 0.25) is 6.79 Å². The number of carbonyl (C=O) groups excluding carboxylic acids is 1. The van der Waals surface area contributed by atoms with Crippen molar-refractivity contribution in [3.63, 3.8) is 0 Å². The maximum atomic E-state index is 12.4. The monoisotopic (exact) mass is 337 g/mol. The summed E-state index contributed by atoms with van der Waals surface area (Å²) in [4.78, 5) is 12.3. The second kappa shape index (κ2) is 6.61. The van der Waals surface area contributed by atoms with Crippen molar-refractivity contribution in [1.82, 2.24) is 0 Å². The summed E-state index contributed by atoms with van der Waals surface area (Å²) in [6.07, 6.45) is 0. The third-order valence-electron chi connectivity index (χ3n) is 3.27. The van der Waals surface area contributed by atoms with Gasteiger partial charge >= 0.3 is 6.61 Å². The third-order valence-corrected chi connectivity index (χ3v) is 3.27. The lowest BCUT2D eigenvalue weighted by Gasteiger charge is -2.12. The van der Waals surface area contributed by atoms with Crippen LogP contribution in [0.15, 0.2) is 36.4 Å². The van der Waals surface area contributed by atoms with E-state index in [1.807, 2.05) is 0 Å². The van der Waals surface area contributed by atoms with E-state index in [-0.39, 0.29) is 24.0 Å². The molecule has 0 aliphatic carbocycles. The highest BCUT2D eigenvalue weighted by Crippen LogP contribution is 2.34. The Morgan fingerprint density at radius 1 is 1.12 bits per heavy atom. The number of rotatable bonds is 5. The summed E-state index contributed by atoms with van der Waals surface area (Å²) >= 11 is 0. The first-order valence-corrected chi connectivity index (χ1v) is 6.90. The average Bonchev–Trinajstić information content (AvgIpc) is 3.02. The van der Waals surface area contributed by atoms with Crippen LogP contribution < -0.4 is 24.3 Å². The van der Waals surface area contributed by atoms with Gasteiger partial charge in [-0.2, -0.15) is 8.78 Å². The first-order valence-electron chi connectivity index (χ1n) is 6.90. The topological polar surface area (TPSA) is 66.0 Å². The standard InChI is InChI=1S/C16H13F2NO5/c1-21-11-5-3-10(7-14(11)24-16(17)18)19-15(20)9-2-4-12-13(6-9)23-8-22-12/h2-7,16H,8H2,1H3,(H,19,20). The van der Waals surface area contributed by atoms with Gasteiger partial charge in [0, 0.05) is 17.3 Å². The van der Waals surface area contributed by atoms with Crippen molar-refractivity contribution >= 4 is 11.6 Å². The number of methoxy groups -OCH3 is 1. The van der Waals surface area contributed by atoms with Crippen LogP contribution in [-0.2, 0) is 0 Å². The largest absolute Gasteiger partial charge is 0.493 e. The van der Waals surface area contributed by atoms with E-state index in [1.165, 1.54) is 31.4 Å². The summed E-state index contributed by atoms with van der Waals surface area (Å²) in [6, 6.07) is 8.93. The van der Waals surface area contributed by atoms with Gasteiger partial charge in [-0.25, -0.2) is 0 Å². The van der Waals surface area contributed by atoms with E-state index in [1.54, 1.807) is 12.1 Å². The molecule has 6 nitrogen and oxygen atoms in total. The zero-order valence-corrected chi connectivity index (χ0v) is 12.5. The van der Waals surface area contributed by atoms with Gasteiger partial charge in [-0.1, -0.05) is 0 Å². The Kier molecular flexibility index (Phi) is 4.37. The van der Waals surface area contributed by atoms with Crippen LogP contribution in [0.3, 0.4) is 0 Å². The van der Waals surface area contributed by atoms with E-state index in [9.17, 15) is 13.6 Å².